The first-order chi connectivity index (χ1) is 9.36. The largest absolute Gasteiger partial charge is 0.479 e. The molecule has 0 bridgehead atoms. The van der Waals surface area contributed by atoms with Gasteiger partial charge in [-0.1, -0.05) is 43.0 Å². The molecular formula is C13H16Cl2N2O3. The summed E-state index contributed by atoms with van der Waals surface area (Å²) in [7, 11) is 0. The maximum atomic E-state index is 12.2. The summed E-state index contributed by atoms with van der Waals surface area (Å²) in [6.07, 6.45) is 2.96. The maximum Gasteiger partial charge on any atom is 0.329 e. The van der Waals surface area contributed by atoms with E-state index in [9.17, 15) is 14.7 Å². The average Bonchev–Trinajstić information content (AvgIpc) is 2.72. The second-order valence-electron chi connectivity index (χ2n) is 5.22. The zero-order valence-corrected chi connectivity index (χ0v) is 12.5. The number of carboxylic acid groups (broad SMARTS) is 1. The SMILES string of the molecule is CC1CCCCC1(NC(=O)c1cc(Cl)c(Cl)[nH]1)C(=O)O. The summed E-state index contributed by atoms with van der Waals surface area (Å²) in [4.78, 5) is 26.5. The maximum absolute atomic E-state index is 12.2. The molecule has 1 aromatic rings. The van der Waals surface area contributed by atoms with E-state index in [1.165, 1.54) is 6.07 Å². The molecule has 1 heterocycles. The van der Waals surface area contributed by atoms with Gasteiger partial charge in [0.05, 0.1) is 5.02 Å². The van der Waals surface area contributed by atoms with Gasteiger partial charge in [0, 0.05) is 0 Å². The molecule has 1 aliphatic carbocycles. The highest BCUT2D eigenvalue weighted by atomic mass is 35.5. The lowest BCUT2D eigenvalue weighted by Gasteiger charge is -2.39. The lowest BCUT2D eigenvalue weighted by molar-refractivity contribution is -0.148. The molecule has 1 amide bonds. The molecule has 2 rings (SSSR count). The normalized spacial score (nSPS) is 26.2. The molecule has 5 nitrogen and oxygen atoms in total. The molecule has 0 radical (unpaired) electrons. The number of halogens is 2. The Balaban J connectivity index is 2.24. The van der Waals surface area contributed by atoms with Gasteiger partial charge in [0.1, 0.15) is 16.4 Å². The van der Waals surface area contributed by atoms with Gasteiger partial charge in [-0.2, -0.15) is 0 Å². The van der Waals surface area contributed by atoms with E-state index in [0.29, 0.717) is 6.42 Å². The van der Waals surface area contributed by atoms with Crippen LogP contribution < -0.4 is 5.32 Å². The Morgan fingerprint density at radius 1 is 1.45 bits per heavy atom. The molecule has 20 heavy (non-hydrogen) atoms. The molecule has 0 spiro atoms. The molecule has 0 aliphatic heterocycles. The van der Waals surface area contributed by atoms with Gasteiger partial charge in [0.25, 0.3) is 5.91 Å². The molecule has 2 unspecified atom stereocenters. The van der Waals surface area contributed by atoms with E-state index in [1.54, 1.807) is 0 Å². The van der Waals surface area contributed by atoms with Gasteiger partial charge in [-0.3, -0.25) is 4.79 Å². The van der Waals surface area contributed by atoms with Gasteiger partial charge >= 0.3 is 5.97 Å². The lowest BCUT2D eigenvalue weighted by atomic mass is 9.73. The van der Waals surface area contributed by atoms with Crippen molar-refractivity contribution in [3.63, 3.8) is 0 Å². The Bertz CT molecular complexity index is 524. The number of rotatable bonds is 3. The fourth-order valence-corrected chi connectivity index (χ4v) is 3.01. The highest BCUT2D eigenvalue weighted by Gasteiger charge is 2.46. The highest BCUT2D eigenvalue weighted by molar-refractivity contribution is 6.41. The number of carbonyl (C=O) groups excluding carboxylic acids is 1. The number of aromatic amines is 1. The second kappa shape index (κ2) is 5.66. The summed E-state index contributed by atoms with van der Waals surface area (Å²) in [6.45, 7) is 1.85. The third kappa shape index (κ3) is 2.65. The number of nitrogens with one attached hydrogen (secondary N) is 2. The molecule has 1 aliphatic rings. The molecule has 110 valence electrons. The molecule has 3 N–H and O–H groups in total. The summed E-state index contributed by atoms with van der Waals surface area (Å²) in [5.41, 5.74) is -1.06. The van der Waals surface area contributed by atoms with Crippen LogP contribution in [-0.2, 0) is 4.79 Å². The van der Waals surface area contributed by atoms with Gasteiger partial charge in [0.2, 0.25) is 0 Å². The number of aromatic nitrogens is 1. The molecular weight excluding hydrogens is 303 g/mol. The van der Waals surface area contributed by atoms with Gasteiger partial charge in [-0.25, -0.2) is 4.79 Å². The van der Waals surface area contributed by atoms with Crippen molar-refractivity contribution in [2.45, 2.75) is 38.1 Å². The third-order valence-corrected chi connectivity index (χ3v) is 4.68. The number of hydrogen-bond acceptors (Lipinski definition) is 2. The van der Waals surface area contributed by atoms with E-state index in [4.69, 9.17) is 23.2 Å². The first-order valence-corrected chi connectivity index (χ1v) is 7.22. The van der Waals surface area contributed by atoms with Crippen molar-refractivity contribution in [2.75, 3.05) is 0 Å². The highest BCUT2D eigenvalue weighted by Crippen LogP contribution is 2.34. The summed E-state index contributed by atoms with van der Waals surface area (Å²) in [5, 5.41) is 12.6. The van der Waals surface area contributed by atoms with Crippen LogP contribution in [0.3, 0.4) is 0 Å². The fourth-order valence-electron chi connectivity index (χ4n) is 2.70. The Labute approximate surface area is 126 Å². The Morgan fingerprint density at radius 2 is 2.15 bits per heavy atom. The molecule has 1 fully saturated rings. The van der Waals surface area contributed by atoms with Gasteiger partial charge in [-0.05, 0) is 24.8 Å². The third-order valence-electron chi connectivity index (χ3n) is 3.99. The smallest absolute Gasteiger partial charge is 0.329 e. The fraction of sp³-hybridized carbons (Fsp3) is 0.538. The second-order valence-corrected chi connectivity index (χ2v) is 6.01. The van der Waals surface area contributed by atoms with Crippen LogP contribution >= 0.6 is 23.2 Å². The van der Waals surface area contributed by atoms with Crippen molar-refractivity contribution >= 4 is 35.1 Å². The standard InChI is InChI=1S/C13H16Cl2N2O3/c1-7-4-2-3-5-13(7,12(19)20)17-11(18)9-6-8(14)10(15)16-9/h6-7,16H,2-5H2,1H3,(H,17,18)(H,19,20). The van der Waals surface area contributed by atoms with Crippen molar-refractivity contribution in [1.29, 1.82) is 0 Å². The topological polar surface area (TPSA) is 82.2 Å². The predicted molar refractivity (Wildman–Crippen MR) is 76.3 cm³/mol. The van der Waals surface area contributed by atoms with E-state index < -0.39 is 17.4 Å². The summed E-state index contributed by atoms with van der Waals surface area (Å²) < 4.78 is 0. The zero-order chi connectivity index (χ0) is 14.9. The van der Waals surface area contributed by atoms with Crippen molar-refractivity contribution in [1.82, 2.24) is 10.3 Å². The molecule has 1 aromatic heterocycles. The van der Waals surface area contributed by atoms with Gasteiger partial charge in [0.15, 0.2) is 0 Å². The zero-order valence-electron chi connectivity index (χ0n) is 11.0. The number of carboxylic acids is 1. The van der Waals surface area contributed by atoms with Crippen molar-refractivity contribution in [3.8, 4) is 0 Å². The van der Waals surface area contributed by atoms with Gasteiger partial charge < -0.3 is 15.4 Å². The summed E-state index contributed by atoms with van der Waals surface area (Å²) >= 11 is 11.5. The van der Waals surface area contributed by atoms with Crippen LogP contribution in [0.1, 0.15) is 43.1 Å². The summed E-state index contributed by atoms with van der Waals surface area (Å²) in [5.74, 6) is -1.63. The van der Waals surface area contributed by atoms with Crippen molar-refractivity contribution < 1.29 is 14.7 Å². The molecule has 0 saturated heterocycles. The first-order valence-electron chi connectivity index (χ1n) is 6.46. The molecule has 0 aromatic carbocycles. The van der Waals surface area contributed by atoms with Crippen LogP contribution in [0.2, 0.25) is 10.2 Å². The first kappa shape index (κ1) is 15.2. The number of aliphatic carboxylic acids is 1. The minimum atomic E-state index is -1.22. The Morgan fingerprint density at radius 3 is 2.65 bits per heavy atom. The van der Waals surface area contributed by atoms with Crippen molar-refractivity contribution in [3.05, 3.63) is 21.9 Å². The minimum Gasteiger partial charge on any atom is -0.479 e. The van der Waals surface area contributed by atoms with Gasteiger partial charge in [-0.15, -0.1) is 0 Å². The number of amides is 1. The van der Waals surface area contributed by atoms with E-state index in [-0.39, 0.29) is 21.8 Å². The summed E-state index contributed by atoms with van der Waals surface area (Å²) in [6, 6.07) is 1.39. The lowest BCUT2D eigenvalue weighted by Crippen LogP contribution is -2.60. The van der Waals surface area contributed by atoms with Crippen molar-refractivity contribution in [2.24, 2.45) is 5.92 Å². The van der Waals surface area contributed by atoms with Crippen LogP contribution in [0.15, 0.2) is 6.07 Å². The number of H-pyrrole nitrogens is 1. The molecule has 2 atom stereocenters. The minimum absolute atomic E-state index is 0.126. The van der Waals surface area contributed by atoms with E-state index >= 15 is 0 Å². The van der Waals surface area contributed by atoms with Crippen LogP contribution in [0.5, 0.6) is 0 Å². The number of hydrogen-bond donors (Lipinski definition) is 3. The quantitative estimate of drug-likeness (QED) is 0.801. The average molecular weight is 319 g/mol. The van der Waals surface area contributed by atoms with E-state index in [2.05, 4.69) is 10.3 Å². The van der Waals surface area contributed by atoms with Crippen LogP contribution in [0, 0.1) is 5.92 Å². The monoisotopic (exact) mass is 318 g/mol. The number of carbonyl (C=O) groups is 2. The Hall–Kier alpha value is -1.20. The molecule has 1 saturated carbocycles. The van der Waals surface area contributed by atoms with Crippen LogP contribution in [-0.4, -0.2) is 27.5 Å². The Kier molecular flexibility index (Phi) is 4.30. The van der Waals surface area contributed by atoms with E-state index in [0.717, 1.165) is 19.3 Å². The molecule has 7 heteroatoms. The predicted octanol–water partition coefficient (Wildman–Crippen LogP) is 3.08. The van der Waals surface area contributed by atoms with Crippen LogP contribution in [0.4, 0.5) is 0 Å². The van der Waals surface area contributed by atoms with E-state index in [1.807, 2.05) is 6.92 Å². The van der Waals surface area contributed by atoms with Crippen LogP contribution in [0.25, 0.3) is 0 Å².